The number of halogens is 1. The van der Waals surface area contributed by atoms with Gasteiger partial charge in [-0.1, -0.05) is 26.3 Å². The maximum Gasteiger partial charge on any atom is 0.0510 e. The van der Waals surface area contributed by atoms with E-state index < -0.39 is 0 Å². The average Bonchev–Trinajstić information content (AvgIpc) is 2.72. The highest BCUT2D eigenvalue weighted by atomic mass is 79.9. The summed E-state index contributed by atoms with van der Waals surface area (Å²) in [6.07, 6.45) is 5.37. The fourth-order valence-electron chi connectivity index (χ4n) is 3.29. The van der Waals surface area contributed by atoms with Crippen LogP contribution in [0, 0.1) is 5.92 Å². The molecule has 1 fully saturated rings. The number of rotatable bonds is 5. The highest BCUT2D eigenvalue weighted by molar-refractivity contribution is 9.10. The van der Waals surface area contributed by atoms with Gasteiger partial charge in [0, 0.05) is 23.6 Å². The Bertz CT molecular complexity index is 447. The topological polar surface area (TPSA) is 15.3 Å². The van der Waals surface area contributed by atoms with Crippen molar-refractivity contribution in [1.82, 2.24) is 5.32 Å². The minimum absolute atomic E-state index is 0.411. The van der Waals surface area contributed by atoms with E-state index in [1.807, 2.05) is 0 Å². The summed E-state index contributed by atoms with van der Waals surface area (Å²) in [6, 6.07) is 7.26. The molecule has 3 heteroatoms. The molecule has 0 aliphatic carbocycles. The Morgan fingerprint density at radius 1 is 1.29 bits per heavy atom. The van der Waals surface area contributed by atoms with Crippen LogP contribution in [0.15, 0.2) is 22.7 Å². The zero-order chi connectivity index (χ0) is 15.2. The number of anilines is 1. The molecule has 0 bridgehead atoms. The second kappa shape index (κ2) is 8.19. The number of hydrogen-bond acceptors (Lipinski definition) is 2. The first-order valence-electron chi connectivity index (χ1n) is 8.43. The van der Waals surface area contributed by atoms with Crippen LogP contribution < -0.4 is 10.2 Å². The third kappa shape index (κ3) is 4.46. The van der Waals surface area contributed by atoms with Gasteiger partial charge >= 0.3 is 0 Å². The summed E-state index contributed by atoms with van der Waals surface area (Å²) in [7, 11) is 0. The van der Waals surface area contributed by atoms with E-state index >= 15 is 0 Å². The van der Waals surface area contributed by atoms with Crippen LogP contribution in [0.2, 0.25) is 0 Å². The lowest BCUT2D eigenvalue weighted by Crippen LogP contribution is -2.25. The van der Waals surface area contributed by atoms with Crippen LogP contribution in [-0.4, -0.2) is 19.6 Å². The molecule has 1 aromatic rings. The molecule has 1 heterocycles. The van der Waals surface area contributed by atoms with Gasteiger partial charge in [0.2, 0.25) is 0 Å². The fourth-order valence-corrected chi connectivity index (χ4v) is 3.93. The summed E-state index contributed by atoms with van der Waals surface area (Å²) >= 11 is 3.79. The first kappa shape index (κ1) is 16.8. The molecule has 0 radical (unpaired) electrons. The number of benzene rings is 1. The SMILES string of the molecule is CCNC(C)c1ccc(N2CCCC(CC)CC2)c(Br)c1. The van der Waals surface area contributed by atoms with Gasteiger partial charge in [-0.25, -0.2) is 0 Å². The number of nitrogens with zero attached hydrogens (tertiary/aromatic N) is 1. The van der Waals surface area contributed by atoms with Gasteiger partial charge in [0.15, 0.2) is 0 Å². The van der Waals surface area contributed by atoms with E-state index in [0.29, 0.717) is 6.04 Å². The third-order valence-corrected chi connectivity index (χ3v) is 5.38. The van der Waals surface area contributed by atoms with E-state index in [1.54, 1.807) is 0 Å². The van der Waals surface area contributed by atoms with Crippen LogP contribution in [0.5, 0.6) is 0 Å². The maximum atomic E-state index is 3.79. The van der Waals surface area contributed by atoms with Gasteiger partial charge in [0.1, 0.15) is 0 Å². The molecule has 21 heavy (non-hydrogen) atoms. The predicted octanol–water partition coefficient (Wildman–Crippen LogP) is 5.14. The largest absolute Gasteiger partial charge is 0.371 e. The Balaban J connectivity index is 2.09. The van der Waals surface area contributed by atoms with Crippen molar-refractivity contribution in [3.8, 4) is 0 Å². The van der Waals surface area contributed by atoms with Crippen LogP contribution in [0.25, 0.3) is 0 Å². The summed E-state index contributed by atoms with van der Waals surface area (Å²) in [5.41, 5.74) is 2.72. The van der Waals surface area contributed by atoms with Crippen LogP contribution in [0.4, 0.5) is 5.69 Å². The monoisotopic (exact) mass is 352 g/mol. The van der Waals surface area contributed by atoms with Crippen molar-refractivity contribution in [3.63, 3.8) is 0 Å². The predicted molar refractivity (Wildman–Crippen MR) is 96.1 cm³/mol. The molecule has 2 unspecified atom stereocenters. The highest BCUT2D eigenvalue weighted by Crippen LogP contribution is 2.32. The van der Waals surface area contributed by atoms with Crippen LogP contribution in [0.1, 0.15) is 58.1 Å². The fraction of sp³-hybridized carbons (Fsp3) is 0.667. The summed E-state index contributed by atoms with van der Waals surface area (Å²) < 4.78 is 1.24. The normalized spacial score (nSPS) is 21.1. The lowest BCUT2D eigenvalue weighted by Gasteiger charge is -2.25. The Kier molecular flexibility index (Phi) is 6.56. The molecule has 0 saturated carbocycles. The Labute approximate surface area is 138 Å². The quantitative estimate of drug-likeness (QED) is 0.789. The molecule has 0 amide bonds. The molecule has 2 rings (SSSR count). The number of nitrogens with one attached hydrogen (secondary N) is 1. The van der Waals surface area contributed by atoms with Gasteiger partial charge in [0.05, 0.1) is 5.69 Å². The summed E-state index contributed by atoms with van der Waals surface area (Å²) in [4.78, 5) is 2.56. The first-order chi connectivity index (χ1) is 10.2. The smallest absolute Gasteiger partial charge is 0.0510 e. The van der Waals surface area contributed by atoms with Crippen molar-refractivity contribution >= 4 is 21.6 Å². The summed E-state index contributed by atoms with van der Waals surface area (Å²) in [6.45, 7) is 10.1. The standard InChI is InChI=1S/C18H29BrN2/c1-4-15-7-6-11-21(12-10-15)18-9-8-16(13-17(18)19)14(3)20-5-2/h8-9,13-15,20H,4-7,10-12H2,1-3H3. The van der Waals surface area contributed by atoms with E-state index in [-0.39, 0.29) is 0 Å². The first-order valence-corrected chi connectivity index (χ1v) is 9.22. The minimum Gasteiger partial charge on any atom is -0.371 e. The second-order valence-electron chi connectivity index (χ2n) is 6.18. The van der Waals surface area contributed by atoms with E-state index in [2.05, 4.69) is 65.1 Å². The van der Waals surface area contributed by atoms with E-state index in [9.17, 15) is 0 Å². The molecule has 1 aromatic carbocycles. The molecule has 1 saturated heterocycles. The van der Waals surface area contributed by atoms with Crippen molar-refractivity contribution in [3.05, 3.63) is 28.2 Å². The van der Waals surface area contributed by atoms with Gasteiger partial charge < -0.3 is 10.2 Å². The third-order valence-electron chi connectivity index (χ3n) is 4.75. The lowest BCUT2D eigenvalue weighted by molar-refractivity contribution is 0.459. The molecular weight excluding hydrogens is 324 g/mol. The van der Waals surface area contributed by atoms with Crippen molar-refractivity contribution < 1.29 is 0 Å². The molecule has 0 aromatic heterocycles. The summed E-state index contributed by atoms with van der Waals surface area (Å²) in [5.74, 6) is 0.918. The van der Waals surface area contributed by atoms with E-state index in [0.717, 1.165) is 12.5 Å². The zero-order valence-electron chi connectivity index (χ0n) is 13.7. The molecule has 118 valence electrons. The molecule has 1 aliphatic rings. The van der Waals surface area contributed by atoms with Crippen LogP contribution in [-0.2, 0) is 0 Å². The van der Waals surface area contributed by atoms with Gasteiger partial charge in [-0.15, -0.1) is 0 Å². The Morgan fingerprint density at radius 3 is 2.76 bits per heavy atom. The highest BCUT2D eigenvalue weighted by Gasteiger charge is 2.18. The van der Waals surface area contributed by atoms with E-state index in [4.69, 9.17) is 0 Å². The molecule has 2 atom stereocenters. The van der Waals surface area contributed by atoms with Crippen LogP contribution in [0.3, 0.4) is 0 Å². The van der Waals surface area contributed by atoms with Gasteiger partial charge in [-0.05, 0) is 72.3 Å². The lowest BCUT2D eigenvalue weighted by atomic mass is 9.98. The Morgan fingerprint density at radius 2 is 2.10 bits per heavy atom. The average molecular weight is 353 g/mol. The van der Waals surface area contributed by atoms with Crippen molar-refractivity contribution in [2.45, 2.75) is 52.5 Å². The molecule has 1 aliphatic heterocycles. The molecule has 0 spiro atoms. The Hall–Kier alpha value is -0.540. The van der Waals surface area contributed by atoms with Crippen molar-refractivity contribution in [1.29, 1.82) is 0 Å². The molecule has 2 nitrogen and oxygen atoms in total. The van der Waals surface area contributed by atoms with Gasteiger partial charge in [0.25, 0.3) is 0 Å². The molecular formula is C18H29BrN2. The summed E-state index contributed by atoms with van der Waals surface area (Å²) in [5, 5.41) is 3.48. The zero-order valence-corrected chi connectivity index (χ0v) is 15.2. The van der Waals surface area contributed by atoms with Gasteiger partial charge in [-0.3, -0.25) is 0 Å². The van der Waals surface area contributed by atoms with Crippen LogP contribution >= 0.6 is 15.9 Å². The second-order valence-corrected chi connectivity index (χ2v) is 7.04. The van der Waals surface area contributed by atoms with Gasteiger partial charge in [-0.2, -0.15) is 0 Å². The van der Waals surface area contributed by atoms with Crippen molar-refractivity contribution in [2.75, 3.05) is 24.5 Å². The minimum atomic E-state index is 0.411. The van der Waals surface area contributed by atoms with E-state index in [1.165, 1.54) is 54.5 Å². The van der Waals surface area contributed by atoms with Crippen molar-refractivity contribution in [2.24, 2.45) is 5.92 Å². The number of hydrogen-bond donors (Lipinski definition) is 1. The maximum absolute atomic E-state index is 3.79. The molecule has 1 N–H and O–H groups in total.